The van der Waals surface area contributed by atoms with E-state index in [1.807, 2.05) is 0 Å². The van der Waals surface area contributed by atoms with Gasteiger partial charge in [-0.1, -0.05) is 30.3 Å². The van der Waals surface area contributed by atoms with E-state index in [1.165, 1.54) is 0 Å². The molecule has 0 fully saturated rings. The van der Waals surface area contributed by atoms with Crippen molar-refractivity contribution in [1.29, 1.82) is 0 Å². The van der Waals surface area contributed by atoms with Gasteiger partial charge in [0.05, 0.1) is 22.4 Å². The lowest BCUT2D eigenvalue weighted by molar-refractivity contribution is 0.0926. The molecule has 126 valence electrons. The molecule has 0 bridgehead atoms. The highest BCUT2D eigenvalue weighted by atomic mass is 16.2. The normalized spacial score (nSPS) is 12.8. The highest BCUT2D eigenvalue weighted by molar-refractivity contribution is 6.35. The maximum absolute atomic E-state index is 12.7. The van der Waals surface area contributed by atoms with Gasteiger partial charge in [-0.2, -0.15) is 0 Å². The highest BCUT2D eigenvalue weighted by Gasteiger charge is 2.37. The lowest BCUT2D eigenvalue weighted by Crippen LogP contribution is -2.31. The molecule has 3 aromatic rings. The number of fused-ring (bicyclic) bond motifs is 1. The second kappa shape index (κ2) is 6.25. The zero-order chi connectivity index (χ0) is 18.1. The Morgan fingerprint density at radius 1 is 0.808 bits per heavy atom. The van der Waals surface area contributed by atoms with Crippen molar-refractivity contribution in [3.63, 3.8) is 0 Å². The van der Waals surface area contributed by atoms with Crippen LogP contribution >= 0.6 is 0 Å². The Morgan fingerprint density at radius 3 is 2.08 bits per heavy atom. The van der Waals surface area contributed by atoms with Crippen LogP contribution in [0, 0.1) is 0 Å². The number of pyridine rings is 1. The molecule has 2 aromatic carbocycles. The minimum Gasteiger partial charge on any atom is -0.306 e. The van der Waals surface area contributed by atoms with Gasteiger partial charge in [-0.15, -0.1) is 0 Å². The Labute approximate surface area is 149 Å². The molecule has 4 rings (SSSR count). The van der Waals surface area contributed by atoms with Crippen LogP contribution in [0.5, 0.6) is 0 Å². The van der Waals surface area contributed by atoms with Gasteiger partial charge in [-0.3, -0.25) is 14.4 Å². The second-order valence-corrected chi connectivity index (χ2v) is 5.68. The van der Waals surface area contributed by atoms with E-state index in [0.29, 0.717) is 16.9 Å². The first kappa shape index (κ1) is 15.7. The van der Waals surface area contributed by atoms with Gasteiger partial charge in [0.15, 0.2) is 0 Å². The standard InChI is InChI=1S/C20H13N3O3/c24-18(22-17-11-5-6-12-21-17)15-9-3-4-10-16(15)23-19(25)13-7-1-2-8-14(13)20(23)26/h1-12H,(H,21,22,24). The van der Waals surface area contributed by atoms with Crippen LogP contribution in [-0.4, -0.2) is 22.7 Å². The van der Waals surface area contributed by atoms with Gasteiger partial charge in [0, 0.05) is 6.20 Å². The molecule has 6 nitrogen and oxygen atoms in total. The molecule has 6 heteroatoms. The summed E-state index contributed by atoms with van der Waals surface area (Å²) < 4.78 is 0. The molecule has 3 amide bonds. The number of nitrogens with zero attached hydrogens (tertiary/aromatic N) is 2. The number of hydrogen-bond acceptors (Lipinski definition) is 4. The van der Waals surface area contributed by atoms with Crippen LogP contribution in [-0.2, 0) is 0 Å². The summed E-state index contributed by atoms with van der Waals surface area (Å²) >= 11 is 0. The summed E-state index contributed by atoms with van der Waals surface area (Å²) in [5.74, 6) is -0.946. The summed E-state index contributed by atoms with van der Waals surface area (Å²) in [4.78, 5) is 43.2. The fraction of sp³-hybridized carbons (Fsp3) is 0. The van der Waals surface area contributed by atoms with Gasteiger partial charge < -0.3 is 5.32 Å². The van der Waals surface area contributed by atoms with Gasteiger partial charge >= 0.3 is 0 Å². The smallest absolute Gasteiger partial charge is 0.266 e. The molecule has 0 unspecified atom stereocenters. The summed E-state index contributed by atoms with van der Waals surface area (Å²) in [6.07, 6.45) is 1.56. The molecule has 0 spiro atoms. The number of rotatable bonds is 3. The van der Waals surface area contributed by atoms with E-state index in [4.69, 9.17) is 0 Å². The van der Waals surface area contributed by atoms with Gasteiger partial charge in [0.25, 0.3) is 17.7 Å². The number of benzene rings is 2. The van der Waals surface area contributed by atoms with Crippen molar-refractivity contribution in [1.82, 2.24) is 4.98 Å². The number of imide groups is 1. The first-order valence-corrected chi connectivity index (χ1v) is 7.96. The van der Waals surface area contributed by atoms with Crippen LogP contribution in [0.25, 0.3) is 0 Å². The summed E-state index contributed by atoms with van der Waals surface area (Å²) in [5, 5.41) is 2.67. The Morgan fingerprint density at radius 2 is 1.42 bits per heavy atom. The van der Waals surface area contributed by atoms with Crippen molar-refractivity contribution < 1.29 is 14.4 Å². The predicted octanol–water partition coefficient (Wildman–Crippen LogP) is 3.13. The van der Waals surface area contributed by atoms with Gasteiger partial charge in [-0.05, 0) is 36.4 Å². The fourth-order valence-corrected chi connectivity index (χ4v) is 2.89. The third kappa shape index (κ3) is 2.53. The minimum absolute atomic E-state index is 0.215. The van der Waals surface area contributed by atoms with Crippen LogP contribution < -0.4 is 10.2 Å². The minimum atomic E-state index is -0.448. The SMILES string of the molecule is O=C(Nc1ccccn1)c1ccccc1N1C(=O)c2ccccc2C1=O. The van der Waals surface area contributed by atoms with Gasteiger partial charge in [0.1, 0.15) is 5.82 Å². The fourth-order valence-electron chi connectivity index (χ4n) is 2.89. The number of carbonyl (C=O) groups is 3. The Balaban J connectivity index is 1.72. The van der Waals surface area contributed by atoms with Gasteiger partial charge in [-0.25, -0.2) is 9.88 Å². The van der Waals surface area contributed by atoms with Gasteiger partial charge in [0.2, 0.25) is 0 Å². The average Bonchev–Trinajstić information content (AvgIpc) is 2.93. The summed E-state index contributed by atoms with van der Waals surface area (Å²) in [6, 6.07) is 18.2. The maximum atomic E-state index is 12.7. The molecular formula is C20H13N3O3. The number of aromatic nitrogens is 1. The van der Waals surface area contributed by atoms with E-state index < -0.39 is 17.7 Å². The molecule has 0 saturated carbocycles. The molecular weight excluding hydrogens is 330 g/mol. The molecule has 0 aliphatic carbocycles. The summed E-state index contributed by atoms with van der Waals surface area (Å²) in [7, 11) is 0. The molecule has 1 N–H and O–H groups in total. The van der Waals surface area contributed by atoms with E-state index in [-0.39, 0.29) is 11.3 Å². The van der Waals surface area contributed by atoms with Crippen LogP contribution in [0.3, 0.4) is 0 Å². The van der Waals surface area contributed by atoms with E-state index in [1.54, 1.807) is 72.9 Å². The first-order valence-electron chi connectivity index (χ1n) is 7.96. The molecule has 0 saturated heterocycles. The molecule has 0 radical (unpaired) electrons. The second-order valence-electron chi connectivity index (χ2n) is 5.68. The molecule has 0 atom stereocenters. The van der Waals surface area contributed by atoms with E-state index >= 15 is 0 Å². The van der Waals surface area contributed by atoms with Crippen LogP contribution in [0.15, 0.2) is 72.9 Å². The zero-order valence-electron chi connectivity index (χ0n) is 13.5. The van der Waals surface area contributed by atoms with Crippen molar-refractivity contribution in [3.8, 4) is 0 Å². The van der Waals surface area contributed by atoms with Crippen molar-refractivity contribution in [2.75, 3.05) is 10.2 Å². The molecule has 2 heterocycles. The topological polar surface area (TPSA) is 79.4 Å². The number of nitrogens with one attached hydrogen (secondary N) is 1. The Kier molecular flexibility index (Phi) is 3.78. The monoisotopic (exact) mass is 343 g/mol. The number of para-hydroxylation sites is 1. The van der Waals surface area contributed by atoms with Crippen LogP contribution in [0.2, 0.25) is 0 Å². The molecule has 1 aliphatic rings. The van der Waals surface area contributed by atoms with Crippen molar-refractivity contribution in [2.45, 2.75) is 0 Å². The maximum Gasteiger partial charge on any atom is 0.266 e. The number of hydrogen-bond donors (Lipinski definition) is 1. The number of amides is 3. The van der Waals surface area contributed by atoms with Crippen LogP contribution in [0.4, 0.5) is 11.5 Å². The summed E-state index contributed by atoms with van der Waals surface area (Å²) in [5.41, 5.74) is 1.12. The molecule has 1 aliphatic heterocycles. The van der Waals surface area contributed by atoms with Crippen molar-refractivity contribution in [3.05, 3.63) is 89.6 Å². The molecule has 1 aromatic heterocycles. The highest BCUT2D eigenvalue weighted by Crippen LogP contribution is 2.30. The average molecular weight is 343 g/mol. The summed E-state index contributed by atoms with van der Waals surface area (Å²) in [6.45, 7) is 0. The third-order valence-corrected chi connectivity index (χ3v) is 4.09. The van der Waals surface area contributed by atoms with Crippen LogP contribution in [0.1, 0.15) is 31.1 Å². The van der Waals surface area contributed by atoms with Crippen molar-refractivity contribution in [2.24, 2.45) is 0 Å². The Bertz CT molecular complexity index is 996. The number of anilines is 2. The van der Waals surface area contributed by atoms with Crippen molar-refractivity contribution >= 4 is 29.2 Å². The molecule has 26 heavy (non-hydrogen) atoms. The lowest BCUT2D eigenvalue weighted by Gasteiger charge is -2.17. The first-order chi connectivity index (χ1) is 12.7. The van der Waals surface area contributed by atoms with E-state index in [2.05, 4.69) is 10.3 Å². The lowest BCUT2D eigenvalue weighted by atomic mass is 10.1. The van der Waals surface area contributed by atoms with E-state index in [0.717, 1.165) is 4.90 Å². The quantitative estimate of drug-likeness (QED) is 0.741. The predicted molar refractivity (Wildman–Crippen MR) is 96.2 cm³/mol. The van der Waals surface area contributed by atoms with E-state index in [9.17, 15) is 14.4 Å². The number of carbonyl (C=O) groups excluding carboxylic acids is 3. The zero-order valence-corrected chi connectivity index (χ0v) is 13.5. The third-order valence-electron chi connectivity index (χ3n) is 4.09. The Hall–Kier alpha value is -3.80. The largest absolute Gasteiger partial charge is 0.306 e.